The van der Waals surface area contributed by atoms with E-state index >= 15 is 0 Å². The molecule has 0 aliphatic heterocycles. The van der Waals surface area contributed by atoms with Gasteiger partial charge in [-0.3, -0.25) is 4.21 Å². The van der Waals surface area contributed by atoms with E-state index in [0.29, 0.717) is 13.0 Å². The molecule has 0 saturated carbocycles. The summed E-state index contributed by atoms with van der Waals surface area (Å²) in [6, 6.07) is 0. The van der Waals surface area contributed by atoms with E-state index < -0.39 is 20.8 Å². The molecule has 0 amide bonds. The Balaban J connectivity index is 3.75. The van der Waals surface area contributed by atoms with E-state index in [0.717, 1.165) is 0 Å². The molecule has 0 bridgehead atoms. The molecule has 6 heteroatoms. The van der Waals surface area contributed by atoms with Crippen LogP contribution in [0.1, 0.15) is 20.3 Å². The van der Waals surface area contributed by atoms with E-state index in [4.69, 9.17) is 0 Å². The minimum absolute atomic E-state index is 0.0413. The van der Waals surface area contributed by atoms with Gasteiger partial charge in [0.25, 0.3) is 0 Å². The van der Waals surface area contributed by atoms with Gasteiger partial charge in [-0.2, -0.15) is 0 Å². The third-order valence-corrected chi connectivity index (χ3v) is 4.59. The lowest BCUT2D eigenvalue weighted by Crippen LogP contribution is -2.28. The summed E-state index contributed by atoms with van der Waals surface area (Å²) in [5, 5.41) is 0.0413. The Kier molecular flexibility index (Phi) is 5.75. The molecule has 0 aromatic carbocycles. The van der Waals surface area contributed by atoms with Gasteiger partial charge in [0.1, 0.15) is 0 Å². The molecule has 0 fully saturated rings. The van der Waals surface area contributed by atoms with Gasteiger partial charge in [-0.15, -0.1) is 0 Å². The topological polar surface area (TPSA) is 63.2 Å². The zero-order valence-electron chi connectivity index (χ0n) is 8.24. The van der Waals surface area contributed by atoms with Gasteiger partial charge in [-0.25, -0.2) is 13.1 Å². The van der Waals surface area contributed by atoms with Crippen molar-refractivity contribution < 1.29 is 12.6 Å². The lowest BCUT2D eigenvalue weighted by atomic mass is 10.3. The highest BCUT2D eigenvalue weighted by Gasteiger charge is 2.09. The van der Waals surface area contributed by atoms with E-state index in [9.17, 15) is 12.6 Å². The van der Waals surface area contributed by atoms with E-state index in [1.165, 1.54) is 0 Å². The van der Waals surface area contributed by atoms with Crippen molar-refractivity contribution in [1.82, 2.24) is 4.72 Å². The quantitative estimate of drug-likeness (QED) is 0.699. The van der Waals surface area contributed by atoms with Crippen LogP contribution in [0.15, 0.2) is 0 Å². The molecule has 0 aromatic rings. The molecule has 2 atom stereocenters. The average molecular weight is 227 g/mol. The SMILES string of the molecule is CCS(=O)(=O)NCCC(C)S(C)=O. The smallest absolute Gasteiger partial charge is 0.211 e. The molecule has 0 aliphatic rings. The molecule has 1 N–H and O–H groups in total. The highest BCUT2D eigenvalue weighted by atomic mass is 32.2. The van der Waals surface area contributed by atoms with Crippen LogP contribution in [-0.4, -0.2) is 36.4 Å². The highest BCUT2D eigenvalue weighted by Crippen LogP contribution is 1.97. The summed E-state index contributed by atoms with van der Waals surface area (Å²) >= 11 is 0. The van der Waals surface area contributed by atoms with Gasteiger partial charge in [-0.05, 0) is 13.3 Å². The molecular formula is C7H17NO3S2. The van der Waals surface area contributed by atoms with E-state index in [1.54, 1.807) is 13.2 Å². The molecule has 0 heterocycles. The monoisotopic (exact) mass is 227 g/mol. The minimum atomic E-state index is -3.09. The highest BCUT2D eigenvalue weighted by molar-refractivity contribution is 7.89. The van der Waals surface area contributed by atoms with E-state index in [2.05, 4.69) is 4.72 Å². The van der Waals surface area contributed by atoms with Crippen molar-refractivity contribution in [2.45, 2.75) is 25.5 Å². The number of nitrogens with one attached hydrogen (secondary N) is 1. The molecule has 0 saturated heterocycles. The van der Waals surface area contributed by atoms with Gasteiger partial charge in [0, 0.05) is 28.9 Å². The Morgan fingerprint density at radius 1 is 1.46 bits per heavy atom. The van der Waals surface area contributed by atoms with Crippen LogP contribution in [0.2, 0.25) is 0 Å². The van der Waals surface area contributed by atoms with Gasteiger partial charge < -0.3 is 0 Å². The zero-order valence-corrected chi connectivity index (χ0v) is 9.87. The summed E-state index contributed by atoms with van der Waals surface area (Å²) in [7, 11) is -3.97. The molecule has 0 radical (unpaired) electrons. The first-order chi connectivity index (χ1) is 5.89. The first kappa shape index (κ1) is 13.1. The van der Waals surface area contributed by atoms with Crippen LogP contribution in [0.3, 0.4) is 0 Å². The molecule has 80 valence electrons. The molecule has 0 aliphatic carbocycles. The summed E-state index contributed by atoms with van der Waals surface area (Å²) in [6.45, 7) is 3.80. The fourth-order valence-electron chi connectivity index (χ4n) is 0.686. The average Bonchev–Trinajstić information content (AvgIpc) is 2.04. The molecule has 2 unspecified atom stereocenters. The van der Waals surface area contributed by atoms with Crippen molar-refractivity contribution in [1.29, 1.82) is 0 Å². The molecule has 13 heavy (non-hydrogen) atoms. The van der Waals surface area contributed by atoms with E-state index in [1.807, 2.05) is 6.92 Å². The van der Waals surface area contributed by atoms with Crippen LogP contribution in [0, 0.1) is 0 Å². The van der Waals surface area contributed by atoms with Gasteiger partial charge in [-0.1, -0.05) is 6.92 Å². The Hall–Kier alpha value is 0.0600. The van der Waals surface area contributed by atoms with Gasteiger partial charge in [0.15, 0.2) is 0 Å². The van der Waals surface area contributed by atoms with Crippen LogP contribution >= 0.6 is 0 Å². The standard InChI is InChI=1S/C7H17NO3S2/c1-4-13(10,11)8-6-5-7(2)12(3)9/h7-8H,4-6H2,1-3H3. The van der Waals surface area contributed by atoms with Crippen LogP contribution in [-0.2, 0) is 20.8 Å². The third kappa shape index (κ3) is 6.17. The van der Waals surface area contributed by atoms with Crippen LogP contribution in [0.4, 0.5) is 0 Å². The van der Waals surface area contributed by atoms with E-state index in [-0.39, 0.29) is 11.0 Å². The maximum absolute atomic E-state index is 11.0. The predicted octanol–water partition coefficient (Wildman–Crippen LogP) is 0.0828. The minimum Gasteiger partial charge on any atom is -0.260 e. The van der Waals surface area contributed by atoms with Crippen molar-refractivity contribution in [3.63, 3.8) is 0 Å². The number of rotatable bonds is 6. The Labute approximate surface area is 82.6 Å². The number of sulfonamides is 1. The predicted molar refractivity (Wildman–Crippen MR) is 55.6 cm³/mol. The lowest BCUT2D eigenvalue weighted by Gasteiger charge is -2.08. The summed E-state index contributed by atoms with van der Waals surface area (Å²) in [6.07, 6.45) is 2.24. The largest absolute Gasteiger partial charge is 0.260 e. The molecule has 4 nitrogen and oxygen atoms in total. The fourth-order valence-corrected chi connectivity index (χ4v) is 1.77. The summed E-state index contributed by atoms with van der Waals surface area (Å²) in [5.74, 6) is 0.0938. The maximum atomic E-state index is 11.0. The van der Waals surface area contributed by atoms with Crippen molar-refractivity contribution >= 4 is 20.8 Å². The Bertz CT molecular complexity index is 261. The first-order valence-electron chi connectivity index (χ1n) is 4.18. The molecule has 0 aromatic heterocycles. The molecule has 0 spiro atoms. The second-order valence-electron chi connectivity index (χ2n) is 2.90. The molecule has 0 rings (SSSR count). The fraction of sp³-hybridized carbons (Fsp3) is 1.00. The van der Waals surface area contributed by atoms with Gasteiger partial charge >= 0.3 is 0 Å². The van der Waals surface area contributed by atoms with Crippen molar-refractivity contribution in [3.05, 3.63) is 0 Å². The maximum Gasteiger partial charge on any atom is 0.211 e. The summed E-state index contributed by atoms with van der Waals surface area (Å²) in [4.78, 5) is 0. The van der Waals surface area contributed by atoms with Crippen molar-refractivity contribution in [2.75, 3.05) is 18.6 Å². The number of hydrogen-bond acceptors (Lipinski definition) is 3. The summed E-state index contributed by atoms with van der Waals surface area (Å²) < 4.78 is 35.3. The Morgan fingerprint density at radius 2 is 2.00 bits per heavy atom. The van der Waals surface area contributed by atoms with Crippen LogP contribution in [0.25, 0.3) is 0 Å². The normalized spacial score (nSPS) is 16.8. The van der Waals surface area contributed by atoms with Gasteiger partial charge in [0.05, 0.1) is 5.75 Å². The van der Waals surface area contributed by atoms with Crippen molar-refractivity contribution in [2.24, 2.45) is 0 Å². The molecular weight excluding hydrogens is 210 g/mol. The summed E-state index contributed by atoms with van der Waals surface area (Å²) in [5.41, 5.74) is 0. The third-order valence-electron chi connectivity index (χ3n) is 1.82. The first-order valence-corrected chi connectivity index (χ1v) is 7.46. The lowest BCUT2D eigenvalue weighted by molar-refractivity contribution is 0.579. The van der Waals surface area contributed by atoms with Crippen molar-refractivity contribution in [3.8, 4) is 0 Å². The van der Waals surface area contributed by atoms with Crippen LogP contribution in [0.5, 0.6) is 0 Å². The second-order valence-corrected chi connectivity index (χ2v) is 6.79. The van der Waals surface area contributed by atoms with Gasteiger partial charge in [0.2, 0.25) is 10.0 Å². The van der Waals surface area contributed by atoms with Crippen LogP contribution < -0.4 is 4.72 Å². The zero-order chi connectivity index (χ0) is 10.5. The second kappa shape index (κ2) is 5.72. The Morgan fingerprint density at radius 3 is 2.38 bits per heavy atom. The number of hydrogen-bond donors (Lipinski definition) is 1.